The van der Waals surface area contributed by atoms with Gasteiger partial charge < -0.3 is 15.2 Å². The van der Waals surface area contributed by atoms with Gasteiger partial charge in [0.05, 0.1) is 5.56 Å². The van der Waals surface area contributed by atoms with Crippen molar-refractivity contribution >= 4 is 45.1 Å². The summed E-state index contributed by atoms with van der Waals surface area (Å²) in [6.45, 7) is -0.574. The van der Waals surface area contributed by atoms with E-state index in [1.165, 1.54) is 18.2 Å². The number of nitrogens with one attached hydrogen (secondary N) is 1. The molecule has 2 aromatic carbocycles. The number of hydrogen-bond donors (Lipinski definition) is 2. The van der Waals surface area contributed by atoms with Crippen LogP contribution in [0.1, 0.15) is 16.7 Å². The quantitative estimate of drug-likeness (QED) is 0.688. The molecule has 1 aliphatic heterocycles. The van der Waals surface area contributed by atoms with Crippen LogP contribution in [0.5, 0.6) is 5.75 Å². The number of carbonyl (C=O) groups is 2. The van der Waals surface area contributed by atoms with Gasteiger partial charge in [0, 0.05) is 26.9 Å². The molecule has 1 heterocycles. The number of aliphatic carboxylic acids is 1. The van der Waals surface area contributed by atoms with E-state index in [1.807, 2.05) is 0 Å². The highest BCUT2D eigenvalue weighted by atomic mass is 79.9. The fourth-order valence-electron chi connectivity index (χ4n) is 2.57. The number of halogens is 4. The van der Waals surface area contributed by atoms with Crippen LogP contribution in [0.3, 0.4) is 0 Å². The maximum absolute atomic E-state index is 12.8. The van der Waals surface area contributed by atoms with E-state index in [1.54, 1.807) is 12.1 Å². The van der Waals surface area contributed by atoms with Crippen LogP contribution in [0.25, 0.3) is 11.6 Å². The normalized spacial score (nSPS) is 14.8. The molecule has 0 atom stereocenters. The monoisotopic (exact) mass is 441 g/mol. The summed E-state index contributed by atoms with van der Waals surface area (Å²) >= 11 is 3.28. The smallest absolute Gasteiger partial charge is 0.416 e. The molecular weight excluding hydrogens is 431 g/mol. The maximum Gasteiger partial charge on any atom is 0.416 e. The second-order valence-corrected chi connectivity index (χ2v) is 6.55. The lowest BCUT2D eigenvalue weighted by Gasteiger charge is -2.09. The van der Waals surface area contributed by atoms with Gasteiger partial charge >= 0.3 is 12.1 Å². The van der Waals surface area contributed by atoms with Crippen molar-refractivity contribution in [3.63, 3.8) is 0 Å². The summed E-state index contributed by atoms with van der Waals surface area (Å²) in [5, 5.41) is 11.2. The van der Waals surface area contributed by atoms with Gasteiger partial charge in [-0.2, -0.15) is 13.2 Å². The molecule has 2 N–H and O–H groups in total. The Balaban J connectivity index is 2.03. The predicted octanol–water partition coefficient (Wildman–Crippen LogP) is 4.42. The fraction of sp³-hybridized carbons (Fsp3) is 0.111. The number of rotatable bonds is 4. The van der Waals surface area contributed by atoms with E-state index in [0.29, 0.717) is 15.6 Å². The molecule has 0 saturated carbocycles. The molecule has 0 fully saturated rings. The number of carbonyl (C=O) groups excluding carboxylic acids is 1. The molecule has 3 rings (SSSR count). The highest BCUT2D eigenvalue weighted by Gasteiger charge is 2.33. The van der Waals surface area contributed by atoms with Crippen LogP contribution >= 0.6 is 15.9 Å². The first kappa shape index (κ1) is 19.0. The predicted molar refractivity (Wildman–Crippen MR) is 95.2 cm³/mol. The molecule has 140 valence electrons. The van der Waals surface area contributed by atoms with Gasteiger partial charge in [0.25, 0.3) is 5.91 Å². The van der Waals surface area contributed by atoms with Gasteiger partial charge in [0.2, 0.25) is 0 Å². The van der Waals surface area contributed by atoms with E-state index in [0.717, 1.165) is 12.1 Å². The minimum absolute atomic E-state index is 0.0593. The summed E-state index contributed by atoms with van der Waals surface area (Å²) in [6, 6.07) is 7.76. The van der Waals surface area contributed by atoms with Crippen LogP contribution in [0.2, 0.25) is 0 Å². The molecule has 27 heavy (non-hydrogen) atoms. The Labute approximate surface area is 159 Å². The van der Waals surface area contributed by atoms with Gasteiger partial charge in [0.15, 0.2) is 6.61 Å². The van der Waals surface area contributed by atoms with Crippen molar-refractivity contribution < 1.29 is 32.6 Å². The Hall–Kier alpha value is -2.81. The maximum atomic E-state index is 12.8. The van der Waals surface area contributed by atoms with Crippen LogP contribution in [-0.2, 0) is 15.8 Å². The van der Waals surface area contributed by atoms with E-state index >= 15 is 0 Å². The number of carboxylic acids is 1. The van der Waals surface area contributed by atoms with Crippen LogP contribution in [0.4, 0.5) is 18.9 Å². The number of fused-ring (bicyclic) bond motifs is 1. The standard InChI is InChI=1S/C18H11BrF3NO4/c19-11-2-4-15(27-8-16(24)25)9(5-11)6-13-12-3-1-10(18(20,21)22)7-14(12)23-17(13)26/h1-7H,8H2,(H,23,26)(H,24,25)/b13-6-. The van der Waals surface area contributed by atoms with E-state index in [-0.39, 0.29) is 17.0 Å². The number of benzene rings is 2. The van der Waals surface area contributed by atoms with Crippen molar-refractivity contribution in [1.29, 1.82) is 0 Å². The minimum Gasteiger partial charge on any atom is -0.481 e. The first-order chi connectivity index (χ1) is 12.6. The van der Waals surface area contributed by atoms with Crippen LogP contribution in [0.15, 0.2) is 40.9 Å². The van der Waals surface area contributed by atoms with Gasteiger partial charge in [-0.3, -0.25) is 4.79 Å². The Morgan fingerprint density at radius 3 is 2.63 bits per heavy atom. The first-order valence-corrected chi connectivity index (χ1v) is 8.33. The van der Waals surface area contributed by atoms with Gasteiger partial charge in [-0.1, -0.05) is 22.0 Å². The van der Waals surface area contributed by atoms with E-state index in [9.17, 15) is 22.8 Å². The van der Waals surface area contributed by atoms with E-state index in [2.05, 4.69) is 21.2 Å². The zero-order valence-electron chi connectivity index (χ0n) is 13.4. The molecule has 0 unspecified atom stereocenters. The summed E-state index contributed by atoms with van der Waals surface area (Å²) < 4.78 is 44.4. The third-order valence-corrected chi connectivity index (χ3v) is 4.25. The SMILES string of the molecule is O=C(O)COc1ccc(Br)cc1/C=C1\C(=O)Nc2cc(C(F)(F)F)ccc21. The van der Waals surface area contributed by atoms with Crippen molar-refractivity contribution in [3.8, 4) is 5.75 Å². The average molecular weight is 442 g/mol. The molecule has 9 heteroatoms. The number of alkyl halides is 3. The van der Waals surface area contributed by atoms with Crippen molar-refractivity contribution in [3.05, 3.63) is 57.6 Å². The molecule has 0 saturated heterocycles. The largest absolute Gasteiger partial charge is 0.481 e. The summed E-state index contributed by atoms with van der Waals surface area (Å²) in [4.78, 5) is 23.0. The highest BCUT2D eigenvalue weighted by molar-refractivity contribution is 9.10. The van der Waals surface area contributed by atoms with Crippen molar-refractivity contribution in [1.82, 2.24) is 0 Å². The average Bonchev–Trinajstić information content (AvgIpc) is 2.88. The Morgan fingerprint density at radius 2 is 1.96 bits per heavy atom. The van der Waals surface area contributed by atoms with Crippen molar-refractivity contribution in [2.24, 2.45) is 0 Å². The Morgan fingerprint density at radius 1 is 1.22 bits per heavy atom. The van der Waals surface area contributed by atoms with Gasteiger partial charge in [-0.15, -0.1) is 0 Å². The number of hydrogen-bond acceptors (Lipinski definition) is 3. The minimum atomic E-state index is -4.52. The van der Waals surface area contributed by atoms with E-state index in [4.69, 9.17) is 9.84 Å². The third kappa shape index (κ3) is 4.13. The van der Waals surface area contributed by atoms with Gasteiger partial charge in [0.1, 0.15) is 5.75 Å². The Kier molecular flexibility index (Phi) is 4.97. The topological polar surface area (TPSA) is 75.6 Å². The second-order valence-electron chi connectivity index (χ2n) is 5.63. The molecule has 0 bridgehead atoms. The fourth-order valence-corrected chi connectivity index (χ4v) is 2.95. The van der Waals surface area contributed by atoms with Gasteiger partial charge in [-0.25, -0.2) is 4.79 Å². The highest BCUT2D eigenvalue weighted by Crippen LogP contribution is 2.39. The number of carboxylic acid groups (broad SMARTS) is 1. The first-order valence-electron chi connectivity index (χ1n) is 7.54. The van der Waals surface area contributed by atoms with Crippen molar-refractivity contribution in [2.75, 3.05) is 11.9 Å². The number of ether oxygens (including phenoxy) is 1. The zero-order chi connectivity index (χ0) is 19.8. The second kappa shape index (κ2) is 7.07. The third-order valence-electron chi connectivity index (χ3n) is 3.75. The molecule has 5 nitrogen and oxygen atoms in total. The summed E-state index contributed by atoms with van der Waals surface area (Å²) in [5.41, 5.74) is 0.0671. The molecule has 0 radical (unpaired) electrons. The van der Waals surface area contributed by atoms with Crippen LogP contribution in [0, 0.1) is 0 Å². The zero-order valence-corrected chi connectivity index (χ0v) is 15.0. The summed E-state index contributed by atoms with van der Waals surface area (Å²) in [5.74, 6) is -1.50. The van der Waals surface area contributed by atoms with Crippen LogP contribution in [-0.4, -0.2) is 23.6 Å². The van der Waals surface area contributed by atoms with Gasteiger partial charge in [-0.05, 0) is 36.4 Å². The molecular formula is C18H11BrF3NO4. The number of anilines is 1. The summed E-state index contributed by atoms with van der Waals surface area (Å²) in [7, 11) is 0. The van der Waals surface area contributed by atoms with Crippen molar-refractivity contribution in [2.45, 2.75) is 6.18 Å². The summed E-state index contributed by atoms with van der Waals surface area (Å²) in [6.07, 6.45) is -3.08. The molecule has 1 aliphatic rings. The lowest BCUT2D eigenvalue weighted by Crippen LogP contribution is -2.10. The lowest BCUT2D eigenvalue weighted by atomic mass is 10.0. The molecule has 1 amide bonds. The molecule has 0 aliphatic carbocycles. The molecule has 2 aromatic rings. The lowest BCUT2D eigenvalue weighted by molar-refractivity contribution is -0.139. The Bertz CT molecular complexity index is 970. The molecule has 0 spiro atoms. The molecule has 0 aromatic heterocycles. The number of amides is 1. The van der Waals surface area contributed by atoms with Crippen LogP contribution < -0.4 is 10.1 Å². The van der Waals surface area contributed by atoms with E-state index < -0.39 is 30.2 Å².